The molecule has 180 valence electrons. The third-order valence-electron chi connectivity index (χ3n) is 6.99. The highest BCUT2D eigenvalue weighted by molar-refractivity contribution is 5.95. The minimum absolute atomic E-state index is 0.0113. The molecule has 0 aliphatic carbocycles. The lowest BCUT2D eigenvalue weighted by Crippen LogP contribution is -2.52. The van der Waals surface area contributed by atoms with Crippen LogP contribution < -0.4 is 10.2 Å². The zero-order valence-corrected chi connectivity index (χ0v) is 19.7. The number of hydrogen-bond acceptors (Lipinski definition) is 5. The summed E-state index contributed by atoms with van der Waals surface area (Å²) in [6.07, 6.45) is 3.34. The molecule has 2 aliphatic rings. The van der Waals surface area contributed by atoms with Gasteiger partial charge in [0.05, 0.1) is 5.92 Å². The van der Waals surface area contributed by atoms with Gasteiger partial charge in [0.2, 0.25) is 5.91 Å². The molecule has 8 heteroatoms. The van der Waals surface area contributed by atoms with Gasteiger partial charge in [-0.05, 0) is 73.2 Å². The van der Waals surface area contributed by atoms with Crippen LogP contribution in [-0.4, -0.2) is 53.1 Å². The average Bonchev–Trinajstić information content (AvgIpc) is 2.86. The molecule has 1 N–H and O–H groups in total. The smallest absolute Gasteiger partial charge is 0.253 e. The number of aryl methyl sites for hydroxylation is 1. The van der Waals surface area contributed by atoms with Crippen LogP contribution in [0.15, 0.2) is 60.8 Å². The fourth-order valence-electron chi connectivity index (χ4n) is 4.70. The number of anilines is 2. The van der Waals surface area contributed by atoms with Crippen LogP contribution in [0.1, 0.15) is 40.2 Å². The van der Waals surface area contributed by atoms with E-state index >= 15 is 0 Å². The van der Waals surface area contributed by atoms with E-state index in [4.69, 9.17) is 0 Å². The lowest BCUT2D eigenvalue weighted by molar-refractivity contribution is -0.120. The number of piperidine rings is 1. The molecule has 5 rings (SSSR count). The van der Waals surface area contributed by atoms with Gasteiger partial charge in [0.25, 0.3) is 5.91 Å². The van der Waals surface area contributed by atoms with Crippen molar-refractivity contribution in [3.05, 3.63) is 83.3 Å². The first-order valence-corrected chi connectivity index (χ1v) is 12.0. The number of hydrogen-bond donors (Lipinski definition) is 1. The predicted octanol–water partition coefficient (Wildman–Crippen LogP) is 4.02. The van der Waals surface area contributed by atoms with Crippen LogP contribution in [0.25, 0.3) is 0 Å². The Labute approximate surface area is 204 Å². The van der Waals surface area contributed by atoms with E-state index in [0.29, 0.717) is 43.2 Å². The number of nitrogens with one attached hydrogen (secondary N) is 1. The molecule has 2 saturated heterocycles. The number of carbonyl (C=O) groups is 2. The maximum absolute atomic E-state index is 13.9. The van der Waals surface area contributed by atoms with E-state index in [-0.39, 0.29) is 23.5 Å². The van der Waals surface area contributed by atoms with Gasteiger partial charge in [0, 0.05) is 43.6 Å². The summed E-state index contributed by atoms with van der Waals surface area (Å²) < 4.78 is 13.9. The molecular weight excluding hydrogens is 445 g/mol. The summed E-state index contributed by atoms with van der Waals surface area (Å²) in [5.41, 5.74) is 2.93. The van der Waals surface area contributed by atoms with Crippen molar-refractivity contribution in [2.45, 2.75) is 25.7 Å². The molecule has 2 aliphatic heterocycles. The largest absolute Gasteiger partial charge is 0.353 e. The summed E-state index contributed by atoms with van der Waals surface area (Å²) in [7, 11) is 0. The van der Waals surface area contributed by atoms with Crippen molar-refractivity contribution in [3.8, 4) is 0 Å². The van der Waals surface area contributed by atoms with E-state index in [9.17, 15) is 14.0 Å². The van der Waals surface area contributed by atoms with Crippen molar-refractivity contribution in [2.24, 2.45) is 5.92 Å². The molecule has 3 heterocycles. The Morgan fingerprint density at radius 1 is 1.03 bits per heavy atom. The summed E-state index contributed by atoms with van der Waals surface area (Å²) in [6, 6.07) is 16.4. The lowest BCUT2D eigenvalue weighted by atomic mass is 9.89. The van der Waals surface area contributed by atoms with Crippen LogP contribution in [0, 0.1) is 18.7 Å². The Bertz CT molecular complexity index is 1200. The molecule has 0 unspecified atom stereocenters. The summed E-state index contributed by atoms with van der Waals surface area (Å²) >= 11 is 0. The van der Waals surface area contributed by atoms with Crippen molar-refractivity contribution in [1.29, 1.82) is 0 Å². The van der Waals surface area contributed by atoms with Gasteiger partial charge in [0.15, 0.2) is 5.82 Å². The summed E-state index contributed by atoms with van der Waals surface area (Å²) in [6.45, 7) is 4.24. The zero-order chi connectivity index (χ0) is 24.4. The summed E-state index contributed by atoms with van der Waals surface area (Å²) in [5, 5.41) is 11.0. The highest BCUT2D eigenvalue weighted by atomic mass is 19.1. The molecule has 0 atom stereocenters. The first-order chi connectivity index (χ1) is 17.0. The monoisotopic (exact) mass is 473 g/mol. The Hall–Kier alpha value is -3.81. The molecule has 2 amide bonds. The second kappa shape index (κ2) is 9.82. The maximum atomic E-state index is 13.9. The molecule has 0 saturated carbocycles. The van der Waals surface area contributed by atoms with Gasteiger partial charge in [-0.1, -0.05) is 18.2 Å². The third-order valence-corrected chi connectivity index (χ3v) is 6.99. The van der Waals surface area contributed by atoms with Gasteiger partial charge in [0.1, 0.15) is 5.82 Å². The van der Waals surface area contributed by atoms with Gasteiger partial charge in [-0.15, -0.1) is 5.10 Å². The Morgan fingerprint density at radius 3 is 2.43 bits per heavy atom. The highest BCUT2D eigenvalue weighted by Gasteiger charge is 2.33. The van der Waals surface area contributed by atoms with E-state index in [2.05, 4.69) is 27.6 Å². The van der Waals surface area contributed by atoms with Gasteiger partial charge in [-0.25, -0.2) is 4.39 Å². The van der Waals surface area contributed by atoms with Gasteiger partial charge in [-0.3, -0.25) is 9.59 Å². The number of rotatable bonds is 5. The van der Waals surface area contributed by atoms with Gasteiger partial charge >= 0.3 is 0 Å². The first kappa shape index (κ1) is 23.0. The second-order valence-electron chi connectivity index (χ2n) is 9.33. The molecule has 3 aromatic rings. The number of benzene rings is 2. The Kier molecular flexibility index (Phi) is 6.44. The summed E-state index contributed by atoms with van der Waals surface area (Å²) in [5.74, 6) is 0.621. The molecule has 7 nitrogen and oxygen atoms in total. The number of nitrogens with zero attached hydrogens (tertiary/aromatic N) is 4. The Morgan fingerprint density at radius 2 is 1.77 bits per heavy atom. The molecule has 0 spiro atoms. The quantitative estimate of drug-likeness (QED) is 0.606. The fraction of sp³-hybridized carbons (Fsp3) is 0.333. The van der Waals surface area contributed by atoms with Crippen molar-refractivity contribution >= 4 is 23.3 Å². The minimum Gasteiger partial charge on any atom is -0.353 e. The number of likely N-dealkylation sites (tertiary alicyclic amines) is 1. The fourth-order valence-corrected chi connectivity index (χ4v) is 4.70. The second-order valence-corrected chi connectivity index (χ2v) is 9.33. The molecule has 2 aromatic carbocycles. The number of amides is 2. The van der Waals surface area contributed by atoms with Crippen LogP contribution in [0.2, 0.25) is 0 Å². The Balaban J connectivity index is 1.11. The number of halogens is 1. The van der Waals surface area contributed by atoms with Gasteiger partial charge < -0.3 is 15.1 Å². The standard InChI is InChI=1S/C27H28FN5O2/c1-18-4-5-21(15-24(18)28)27(35)32-13-10-20(11-14-32)19-6-8-23(9-7-19)30-26(34)22-16-33(17-22)25-3-2-12-29-31-25/h2-9,12,15,20,22H,10-11,13-14,16-17H2,1H3,(H,30,34). The van der Waals surface area contributed by atoms with E-state index in [1.54, 1.807) is 30.2 Å². The molecule has 2 fully saturated rings. The van der Waals surface area contributed by atoms with Crippen molar-refractivity contribution in [3.63, 3.8) is 0 Å². The highest BCUT2D eigenvalue weighted by Crippen LogP contribution is 2.30. The average molecular weight is 474 g/mol. The van der Waals surface area contributed by atoms with E-state index in [1.807, 2.05) is 29.2 Å². The van der Waals surface area contributed by atoms with Crippen molar-refractivity contribution in [2.75, 3.05) is 36.4 Å². The van der Waals surface area contributed by atoms with E-state index in [0.717, 1.165) is 24.3 Å². The zero-order valence-electron chi connectivity index (χ0n) is 19.7. The third kappa shape index (κ3) is 5.01. The molecule has 0 bridgehead atoms. The van der Waals surface area contributed by atoms with Crippen molar-refractivity contribution in [1.82, 2.24) is 15.1 Å². The normalized spacial score (nSPS) is 16.6. The lowest BCUT2D eigenvalue weighted by Gasteiger charge is -2.38. The van der Waals surface area contributed by atoms with Crippen LogP contribution in [0.3, 0.4) is 0 Å². The topological polar surface area (TPSA) is 78.4 Å². The van der Waals surface area contributed by atoms with Crippen LogP contribution in [-0.2, 0) is 4.79 Å². The first-order valence-electron chi connectivity index (χ1n) is 12.0. The van der Waals surface area contributed by atoms with Gasteiger partial charge in [-0.2, -0.15) is 5.10 Å². The van der Waals surface area contributed by atoms with Crippen LogP contribution >= 0.6 is 0 Å². The van der Waals surface area contributed by atoms with E-state index in [1.165, 1.54) is 11.6 Å². The van der Waals surface area contributed by atoms with Crippen molar-refractivity contribution < 1.29 is 14.0 Å². The molecule has 1 aromatic heterocycles. The SMILES string of the molecule is Cc1ccc(C(=O)N2CCC(c3ccc(NC(=O)C4CN(c5cccnn5)C4)cc3)CC2)cc1F. The number of aromatic nitrogens is 2. The minimum atomic E-state index is -0.349. The molecule has 0 radical (unpaired) electrons. The number of carbonyl (C=O) groups excluding carboxylic acids is 2. The van der Waals surface area contributed by atoms with Crippen LogP contribution in [0.5, 0.6) is 0 Å². The molecule has 35 heavy (non-hydrogen) atoms. The van der Waals surface area contributed by atoms with E-state index < -0.39 is 0 Å². The predicted molar refractivity (Wildman–Crippen MR) is 132 cm³/mol. The summed E-state index contributed by atoms with van der Waals surface area (Å²) in [4.78, 5) is 29.2. The maximum Gasteiger partial charge on any atom is 0.253 e. The van der Waals surface area contributed by atoms with Crippen LogP contribution in [0.4, 0.5) is 15.9 Å². The molecular formula is C27H28FN5O2.